The van der Waals surface area contributed by atoms with Gasteiger partial charge in [0.2, 0.25) is 0 Å². The molecule has 3 aromatic heterocycles. The number of carbonyl (C=O) groups excluding carboxylic acids is 1. The van der Waals surface area contributed by atoms with Crippen molar-refractivity contribution in [2.45, 2.75) is 38.3 Å². The largest absolute Gasteiger partial charge is 0.416 e. The molecule has 0 atom stereocenters. The van der Waals surface area contributed by atoms with Gasteiger partial charge < -0.3 is 16.2 Å². The van der Waals surface area contributed by atoms with Crippen molar-refractivity contribution in [3.8, 4) is 11.1 Å². The van der Waals surface area contributed by atoms with Crippen molar-refractivity contribution in [3.05, 3.63) is 65.7 Å². The van der Waals surface area contributed by atoms with E-state index >= 15 is 0 Å². The number of benzene rings is 1. The minimum Gasteiger partial charge on any atom is -0.392 e. The average Bonchev–Trinajstić information content (AvgIpc) is 3.27. The molecule has 0 radical (unpaired) electrons. The summed E-state index contributed by atoms with van der Waals surface area (Å²) in [7, 11) is 0. The van der Waals surface area contributed by atoms with Gasteiger partial charge in [-0.15, -0.1) is 0 Å². The smallest absolute Gasteiger partial charge is 0.392 e. The molecule has 4 aromatic rings. The molecule has 0 bridgehead atoms. The van der Waals surface area contributed by atoms with Crippen molar-refractivity contribution < 1.29 is 36.2 Å². The van der Waals surface area contributed by atoms with Crippen molar-refractivity contribution in [1.82, 2.24) is 24.5 Å². The van der Waals surface area contributed by atoms with Crippen LogP contribution in [0.25, 0.3) is 16.6 Å². The van der Waals surface area contributed by atoms with E-state index in [1.165, 1.54) is 10.8 Å². The highest BCUT2D eigenvalue weighted by molar-refractivity contribution is 5.99. The molecule has 43 heavy (non-hydrogen) atoms. The molecule has 1 aliphatic heterocycles. The van der Waals surface area contributed by atoms with E-state index in [1.807, 2.05) is 4.90 Å². The van der Waals surface area contributed by atoms with E-state index in [0.29, 0.717) is 39.7 Å². The maximum atomic E-state index is 13.2. The highest BCUT2D eigenvalue weighted by Gasteiger charge is 2.41. The number of alkyl halides is 6. The zero-order valence-electron chi connectivity index (χ0n) is 22.4. The van der Waals surface area contributed by atoms with Crippen molar-refractivity contribution >= 4 is 28.9 Å². The van der Waals surface area contributed by atoms with Crippen LogP contribution in [-0.4, -0.2) is 54.9 Å². The van der Waals surface area contributed by atoms with Gasteiger partial charge in [0.15, 0.2) is 5.82 Å². The number of carbonyl (C=O) groups is 1. The van der Waals surface area contributed by atoms with Gasteiger partial charge in [0.25, 0.3) is 0 Å². The predicted octanol–water partition coefficient (Wildman–Crippen LogP) is 5.30. The van der Waals surface area contributed by atoms with Crippen LogP contribution in [0, 0.1) is 5.92 Å². The number of amides is 2. The predicted molar refractivity (Wildman–Crippen MR) is 145 cm³/mol. The zero-order valence-corrected chi connectivity index (χ0v) is 22.4. The minimum absolute atomic E-state index is 0.0306. The molecule has 16 heteroatoms. The first kappa shape index (κ1) is 30.0. The summed E-state index contributed by atoms with van der Waals surface area (Å²) in [6.45, 7) is 0.244. The lowest BCUT2D eigenvalue weighted by Gasteiger charge is -2.32. The molecule has 1 fully saturated rings. The number of likely N-dealkylation sites (tertiary alicyclic amines) is 1. The Morgan fingerprint density at radius 2 is 1.72 bits per heavy atom. The number of aromatic nitrogens is 4. The van der Waals surface area contributed by atoms with Gasteiger partial charge in [-0.1, -0.05) is 12.1 Å². The fourth-order valence-corrected chi connectivity index (χ4v) is 5.17. The topological polar surface area (TPSA) is 134 Å². The molecule has 10 nitrogen and oxygen atoms in total. The summed E-state index contributed by atoms with van der Waals surface area (Å²) < 4.78 is 79.8. The number of hydrogen-bond acceptors (Lipinski definition) is 7. The number of aliphatic hydroxyl groups is 1. The molecule has 4 heterocycles. The Balaban J connectivity index is 1.37. The number of nitrogens with zero attached hydrogens (tertiary/aromatic N) is 5. The summed E-state index contributed by atoms with van der Waals surface area (Å²) in [6.07, 6.45) is -6.72. The van der Waals surface area contributed by atoms with E-state index in [9.17, 15) is 36.2 Å². The summed E-state index contributed by atoms with van der Waals surface area (Å²) >= 11 is 0. The number of anilines is 3. The van der Waals surface area contributed by atoms with E-state index in [2.05, 4.69) is 25.7 Å². The zero-order chi connectivity index (χ0) is 30.9. The molecule has 0 aliphatic carbocycles. The van der Waals surface area contributed by atoms with Crippen LogP contribution in [0.15, 0.2) is 48.9 Å². The van der Waals surface area contributed by atoms with E-state index in [4.69, 9.17) is 5.73 Å². The van der Waals surface area contributed by atoms with Crippen LogP contribution >= 0.6 is 0 Å². The van der Waals surface area contributed by atoms with E-state index < -0.39 is 36.5 Å². The number of halogens is 6. The second kappa shape index (κ2) is 11.7. The van der Waals surface area contributed by atoms with Gasteiger partial charge >= 0.3 is 18.4 Å². The van der Waals surface area contributed by atoms with Crippen LogP contribution in [0.2, 0.25) is 0 Å². The van der Waals surface area contributed by atoms with Crippen molar-refractivity contribution in [2.24, 2.45) is 5.92 Å². The van der Waals surface area contributed by atoms with Gasteiger partial charge in [-0.25, -0.2) is 19.3 Å². The standard InChI is InChI=1S/C27H26F6N8O2/c28-26(29,30)16-6-9-40(10-7-16)12-20-19(13-42)22(23-24(34)36-14-37-41(20)23)15-1-3-18(4-2-15)38-25(43)39-21-11-17(5-8-35-21)27(31,32)33/h1-5,8,11,14,16,42H,6-7,9-10,12-13H2,(H2,34,36,37)(H2,35,38,39,43). The van der Waals surface area contributed by atoms with Crippen LogP contribution in [0.4, 0.5) is 48.5 Å². The first-order valence-corrected chi connectivity index (χ1v) is 13.1. The second-order valence-corrected chi connectivity index (χ2v) is 10.0. The van der Waals surface area contributed by atoms with Crippen LogP contribution in [0.5, 0.6) is 0 Å². The van der Waals surface area contributed by atoms with E-state index in [-0.39, 0.29) is 44.1 Å². The lowest BCUT2D eigenvalue weighted by atomic mass is 9.96. The molecule has 228 valence electrons. The Bertz CT molecular complexity index is 1610. The summed E-state index contributed by atoms with van der Waals surface area (Å²) in [6, 6.07) is 7.03. The number of piperidine rings is 1. The molecule has 5 rings (SSSR count). The summed E-state index contributed by atoms with van der Waals surface area (Å²) in [4.78, 5) is 22.1. The highest BCUT2D eigenvalue weighted by Crippen LogP contribution is 2.38. The van der Waals surface area contributed by atoms with Gasteiger partial charge in [-0.3, -0.25) is 10.2 Å². The van der Waals surface area contributed by atoms with Gasteiger partial charge in [-0.2, -0.15) is 31.4 Å². The van der Waals surface area contributed by atoms with Crippen LogP contribution in [-0.2, 0) is 19.3 Å². The Morgan fingerprint density at radius 3 is 2.35 bits per heavy atom. The summed E-state index contributed by atoms with van der Waals surface area (Å²) in [5.41, 5.74) is 8.08. The van der Waals surface area contributed by atoms with Crippen molar-refractivity contribution in [2.75, 3.05) is 29.5 Å². The molecular weight excluding hydrogens is 582 g/mol. The first-order valence-electron chi connectivity index (χ1n) is 13.1. The van der Waals surface area contributed by atoms with Crippen LogP contribution < -0.4 is 16.4 Å². The summed E-state index contributed by atoms with van der Waals surface area (Å²) in [5.74, 6) is -1.52. The molecule has 2 amide bonds. The maximum Gasteiger partial charge on any atom is 0.416 e. The Hall–Kier alpha value is -4.44. The lowest BCUT2D eigenvalue weighted by Crippen LogP contribution is -2.38. The molecule has 1 saturated heterocycles. The normalized spacial score (nSPS) is 15.1. The Morgan fingerprint density at radius 1 is 1.02 bits per heavy atom. The number of fused-ring (bicyclic) bond motifs is 1. The first-order chi connectivity index (χ1) is 20.3. The number of nitrogens with two attached hydrogens (primary N) is 1. The highest BCUT2D eigenvalue weighted by atomic mass is 19.4. The average molecular weight is 609 g/mol. The van der Waals surface area contributed by atoms with E-state index in [0.717, 1.165) is 12.3 Å². The number of nitrogens with one attached hydrogen (secondary N) is 2. The van der Waals surface area contributed by atoms with Gasteiger partial charge in [-0.05, 0) is 55.8 Å². The number of urea groups is 1. The molecule has 1 aliphatic rings. The monoisotopic (exact) mass is 608 g/mol. The quantitative estimate of drug-likeness (QED) is 0.218. The minimum atomic E-state index is -4.60. The molecule has 0 spiro atoms. The molecule has 5 N–H and O–H groups in total. The third kappa shape index (κ3) is 6.49. The second-order valence-electron chi connectivity index (χ2n) is 10.0. The number of rotatable bonds is 6. The van der Waals surface area contributed by atoms with Gasteiger partial charge in [0.05, 0.1) is 23.8 Å². The fraction of sp³-hybridized carbons (Fsp3) is 0.333. The SMILES string of the molecule is Nc1ncnn2c(CN3CCC(C(F)(F)F)CC3)c(CO)c(-c3ccc(NC(=O)Nc4cc(C(F)(F)F)ccn4)cc3)c12. The van der Waals surface area contributed by atoms with E-state index in [1.54, 1.807) is 24.3 Å². The lowest BCUT2D eigenvalue weighted by molar-refractivity contribution is -0.185. The van der Waals surface area contributed by atoms with Gasteiger partial charge in [0, 0.05) is 29.6 Å². The third-order valence-electron chi connectivity index (χ3n) is 7.30. The number of pyridine rings is 1. The number of aliphatic hydroxyl groups excluding tert-OH is 1. The molecular formula is C27H26F6N8O2. The fourth-order valence-electron chi connectivity index (χ4n) is 5.17. The Kier molecular flexibility index (Phi) is 8.16. The molecule has 0 saturated carbocycles. The summed E-state index contributed by atoms with van der Waals surface area (Å²) in [5, 5.41) is 19.5. The van der Waals surface area contributed by atoms with Crippen LogP contribution in [0.3, 0.4) is 0 Å². The van der Waals surface area contributed by atoms with Crippen molar-refractivity contribution in [1.29, 1.82) is 0 Å². The van der Waals surface area contributed by atoms with Crippen molar-refractivity contribution in [3.63, 3.8) is 0 Å². The maximum absolute atomic E-state index is 13.2. The third-order valence-corrected chi connectivity index (χ3v) is 7.30. The number of nitrogen functional groups attached to an aromatic ring is 1. The molecule has 0 unspecified atom stereocenters. The van der Waals surface area contributed by atoms with Crippen LogP contribution in [0.1, 0.15) is 29.7 Å². The molecule has 1 aromatic carbocycles. The Labute approximate surface area is 240 Å². The number of hydrogen-bond donors (Lipinski definition) is 4. The van der Waals surface area contributed by atoms with Gasteiger partial charge in [0.1, 0.15) is 17.7 Å².